The minimum Gasteiger partial charge on any atom is -0.486 e. The van der Waals surface area contributed by atoms with Gasteiger partial charge in [-0.3, -0.25) is 9.59 Å². The van der Waals surface area contributed by atoms with Gasteiger partial charge in [0.25, 0.3) is 0 Å². The first kappa shape index (κ1) is 15.1. The van der Waals surface area contributed by atoms with Crippen LogP contribution in [0.5, 0.6) is 11.5 Å². The predicted octanol–water partition coefficient (Wildman–Crippen LogP) is -0.512. The molecule has 2 atom stereocenters. The number of hydrogen-bond acceptors (Lipinski definition) is 5. The number of rotatable bonds is 5. The van der Waals surface area contributed by atoms with Crippen molar-refractivity contribution >= 4 is 11.8 Å². The zero-order chi connectivity index (χ0) is 15.4. The molecular weight excluding hydrogens is 274 g/mol. The van der Waals surface area contributed by atoms with Crippen LogP contribution in [0.2, 0.25) is 0 Å². The van der Waals surface area contributed by atoms with Crippen molar-refractivity contribution in [1.82, 2.24) is 4.90 Å². The van der Waals surface area contributed by atoms with Gasteiger partial charge in [0.2, 0.25) is 11.8 Å². The molecule has 4 N–H and O–H groups in total. The van der Waals surface area contributed by atoms with E-state index in [-0.39, 0.29) is 18.4 Å². The molecule has 0 bridgehead atoms. The van der Waals surface area contributed by atoms with Gasteiger partial charge < -0.3 is 25.8 Å². The van der Waals surface area contributed by atoms with Gasteiger partial charge in [-0.25, -0.2) is 0 Å². The maximum atomic E-state index is 12.0. The first-order chi connectivity index (χ1) is 9.97. The van der Waals surface area contributed by atoms with Crippen LogP contribution in [-0.4, -0.2) is 49.1 Å². The van der Waals surface area contributed by atoms with E-state index in [2.05, 4.69) is 0 Å². The van der Waals surface area contributed by atoms with Crippen LogP contribution in [0, 0.1) is 0 Å². The number of primary amides is 1. The number of benzene rings is 1. The number of amides is 2. The first-order valence-electron chi connectivity index (χ1n) is 6.64. The molecule has 0 radical (unpaired) electrons. The number of likely N-dealkylation sites (N-methyl/N-ethyl adjacent to an activating group) is 1. The molecule has 1 aliphatic rings. The van der Waals surface area contributed by atoms with E-state index < -0.39 is 11.9 Å². The molecule has 2 amide bonds. The third kappa shape index (κ3) is 3.85. The van der Waals surface area contributed by atoms with Gasteiger partial charge in [0.1, 0.15) is 6.61 Å². The van der Waals surface area contributed by atoms with Crippen molar-refractivity contribution in [2.24, 2.45) is 11.5 Å². The first-order valence-corrected chi connectivity index (χ1v) is 6.64. The van der Waals surface area contributed by atoms with E-state index in [1.807, 2.05) is 24.3 Å². The maximum absolute atomic E-state index is 12.0. The SMILES string of the molecule is CN(CC1COc2ccccc2O1)C(=O)C(N)CC(N)=O. The van der Waals surface area contributed by atoms with Gasteiger partial charge in [0.15, 0.2) is 17.6 Å². The summed E-state index contributed by atoms with van der Waals surface area (Å²) in [4.78, 5) is 24.2. The lowest BCUT2D eigenvalue weighted by Gasteiger charge is -2.30. The summed E-state index contributed by atoms with van der Waals surface area (Å²) in [7, 11) is 1.60. The second-order valence-electron chi connectivity index (χ2n) is 4.99. The Hall–Kier alpha value is -2.28. The fourth-order valence-electron chi connectivity index (χ4n) is 2.14. The third-order valence-electron chi connectivity index (χ3n) is 3.16. The van der Waals surface area contributed by atoms with E-state index in [1.165, 1.54) is 4.90 Å². The highest BCUT2D eigenvalue weighted by atomic mass is 16.6. The van der Waals surface area contributed by atoms with Crippen molar-refractivity contribution in [3.8, 4) is 11.5 Å². The molecular formula is C14H19N3O4. The van der Waals surface area contributed by atoms with Crippen LogP contribution in [0.25, 0.3) is 0 Å². The zero-order valence-corrected chi connectivity index (χ0v) is 11.8. The van der Waals surface area contributed by atoms with Gasteiger partial charge in [0.05, 0.1) is 19.0 Å². The summed E-state index contributed by atoms with van der Waals surface area (Å²) in [5.74, 6) is 0.385. The van der Waals surface area contributed by atoms with Gasteiger partial charge >= 0.3 is 0 Å². The Morgan fingerprint density at radius 1 is 1.38 bits per heavy atom. The quantitative estimate of drug-likeness (QED) is 0.760. The molecule has 2 rings (SSSR count). The van der Waals surface area contributed by atoms with Crippen LogP contribution in [0.1, 0.15) is 6.42 Å². The lowest BCUT2D eigenvalue weighted by Crippen LogP contribution is -2.48. The zero-order valence-electron chi connectivity index (χ0n) is 11.8. The highest BCUT2D eigenvalue weighted by Gasteiger charge is 2.26. The van der Waals surface area contributed by atoms with Gasteiger partial charge in [0, 0.05) is 7.05 Å². The number of hydrogen-bond donors (Lipinski definition) is 2. The highest BCUT2D eigenvalue weighted by Crippen LogP contribution is 2.30. The summed E-state index contributed by atoms with van der Waals surface area (Å²) in [5.41, 5.74) is 10.7. The number of nitrogens with zero attached hydrogens (tertiary/aromatic N) is 1. The van der Waals surface area contributed by atoms with E-state index in [1.54, 1.807) is 7.05 Å². The van der Waals surface area contributed by atoms with Gasteiger partial charge in [-0.15, -0.1) is 0 Å². The molecule has 0 aromatic heterocycles. The molecule has 0 fully saturated rings. The topological polar surface area (TPSA) is 108 Å². The molecule has 1 aromatic rings. The number of carbonyl (C=O) groups excluding carboxylic acids is 2. The van der Waals surface area contributed by atoms with Gasteiger partial charge in [-0.2, -0.15) is 0 Å². The van der Waals surface area contributed by atoms with E-state index >= 15 is 0 Å². The summed E-state index contributed by atoms with van der Waals surface area (Å²) < 4.78 is 11.3. The minimum absolute atomic E-state index is 0.173. The Morgan fingerprint density at radius 3 is 2.71 bits per heavy atom. The van der Waals surface area contributed by atoms with Crippen molar-refractivity contribution in [2.45, 2.75) is 18.6 Å². The van der Waals surface area contributed by atoms with Crippen LogP contribution in [0.3, 0.4) is 0 Å². The second-order valence-corrected chi connectivity index (χ2v) is 4.99. The maximum Gasteiger partial charge on any atom is 0.239 e. The number of para-hydroxylation sites is 2. The molecule has 21 heavy (non-hydrogen) atoms. The van der Waals surface area contributed by atoms with Crippen LogP contribution in [0.4, 0.5) is 0 Å². The third-order valence-corrected chi connectivity index (χ3v) is 3.16. The van der Waals surface area contributed by atoms with E-state index in [9.17, 15) is 9.59 Å². The average Bonchev–Trinajstić information content (AvgIpc) is 2.45. The number of nitrogens with two attached hydrogens (primary N) is 2. The van der Waals surface area contributed by atoms with Crippen LogP contribution >= 0.6 is 0 Å². The normalized spacial score (nSPS) is 17.9. The van der Waals surface area contributed by atoms with E-state index in [0.29, 0.717) is 24.7 Å². The lowest BCUT2D eigenvalue weighted by molar-refractivity contribution is -0.134. The average molecular weight is 293 g/mol. The smallest absolute Gasteiger partial charge is 0.239 e. The number of carbonyl (C=O) groups is 2. The molecule has 7 heteroatoms. The van der Waals surface area contributed by atoms with E-state index in [4.69, 9.17) is 20.9 Å². The standard InChI is InChI=1S/C14H19N3O4/c1-17(14(19)10(15)6-13(16)18)7-9-8-20-11-4-2-3-5-12(11)21-9/h2-5,9-10H,6-8,15H2,1H3,(H2,16,18). The molecule has 1 aromatic carbocycles. The Balaban J connectivity index is 1.90. The Labute approximate surface area is 122 Å². The summed E-state index contributed by atoms with van der Waals surface area (Å²) in [6.07, 6.45) is -0.455. The lowest BCUT2D eigenvalue weighted by atomic mass is 10.2. The summed E-state index contributed by atoms with van der Waals surface area (Å²) >= 11 is 0. The number of ether oxygens (including phenoxy) is 2. The fraction of sp³-hybridized carbons (Fsp3) is 0.429. The monoisotopic (exact) mass is 293 g/mol. The molecule has 1 heterocycles. The molecule has 114 valence electrons. The van der Waals surface area contributed by atoms with Gasteiger partial charge in [-0.05, 0) is 12.1 Å². The van der Waals surface area contributed by atoms with E-state index in [0.717, 1.165) is 0 Å². The summed E-state index contributed by atoms with van der Waals surface area (Å²) in [5, 5.41) is 0. The molecule has 7 nitrogen and oxygen atoms in total. The minimum atomic E-state index is -0.927. The largest absolute Gasteiger partial charge is 0.486 e. The Kier molecular flexibility index (Phi) is 4.64. The molecule has 0 aliphatic carbocycles. The fourth-order valence-corrected chi connectivity index (χ4v) is 2.14. The Bertz CT molecular complexity index is 535. The molecule has 0 saturated carbocycles. The highest BCUT2D eigenvalue weighted by molar-refractivity contribution is 5.87. The van der Waals surface area contributed by atoms with Crippen molar-refractivity contribution in [1.29, 1.82) is 0 Å². The van der Waals surface area contributed by atoms with Crippen molar-refractivity contribution < 1.29 is 19.1 Å². The summed E-state index contributed by atoms with van der Waals surface area (Å²) in [6, 6.07) is 6.42. The Morgan fingerprint density at radius 2 is 2.05 bits per heavy atom. The molecule has 2 unspecified atom stereocenters. The molecule has 0 spiro atoms. The van der Waals surface area contributed by atoms with Crippen LogP contribution < -0.4 is 20.9 Å². The second kappa shape index (κ2) is 6.45. The van der Waals surface area contributed by atoms with Crippen molar-refractivity contribution in [2.75, 3.05) is 20.2 Å². The van der Waals surface area contributed by atoms with Gasteiger partial charge in [-0.1, -0.05) is 12.1 Å². The van der Waals surface area contributed by atoms with Crippen molar-refractivity contribution in [3.05, 3.63) is 24.3 Å². The number of fused-ring (bicyclic) bond motifs is 1. The predicted molar refractivity (Wildman–Crippen MR) is 75.8 cm³/mol. The molecule has 0 saturated heterocycles. The molecule has 1 aliphatic heterocycles. The van der Waals surface area contributed by atoms with Crippen LogP contribution in [0.15, 0.2) is 24.3 Å². The van der Waals surface area contributed by atoms with Crippen molar-refractivity contribution in [3.63, 3.8) is 0 Å². The van der Waals surface area contributed by atoms with Crippen LogP contribution in [-0.2, 0) is 9.59 Å². The summed E-state index contributed by atoms with van der Waals surface area (Å²) in [6.45, 7) is 0.666.